The van der Waals surface area contributed by atoms with E-state index >= 15 is 0 Å². The molecule has 5 nitrogen and oxygen atoms in total. The summed E-state index contributed by atoms with van der Waals surface area (Å²) < 4.78 is 1.83. The van der Waals surface area contributed by atoms with Crippen molar-refractivity contribution in [3.05, 3.63) is 90.5 Å². The van der Waals surface area contributed by atoms with Crippen molar-refractivity contribution in [3.8, 4) is 5.88 Å². The quantitative estimate of drug-likeness (QED) is 0.340. The molecular formula is C22H18N4OS. The molecule has 0 fully saturated rings. The Labute approximate surface area is 168 Å². The molecule has 1 aromatic heterocycles. The zero-order valence-corrected chi connectivity index (χ0v) is 15.8. The third-order valence-corrected chi connectivity index (χ3v) is 4.55. The Bertz CT molecular complexity index is 1140. The summed E-state index contributed by atoms with van der Waals surface area (Å²) in [6.07, 6.45) is 0. The van der Waals surface area contributed by atoms with Gasteiger partial charge in [-0.15, -0.1) is 10.2 Å². The maximum absolute atomic E-state index is 10.8. The molecule has 6 heteroatoms. The molecule has 4 rings (SSSR count). The molecule has 0 unspecified atom stereocenters. The van der Waals surface area contributed by atoms with Crippen molar-refractivity contribution in [3.63, 3.8) is 0 Å². The van der Waals surface area contributed by atoms with E-state index < -0.39 is 0 Å². The number of aromatic hydroxyl groups is 1. The van der Waals surface area contributed by atoms with E-state index in [1.807, 2.05) is 89.5 Å². The number of azo groups is 1. The average molecular weight is 386 g/mol. The molecule has 3 aromatic carbocycles. The number of hydrogen-bond donors (Lipinski definition) is 2. The Morgan fingerprint density at radius 3 is 2.29 bits per heavy atom. The summed E-state index contributed by atoms with van der Waals surface area (Å²) in [5.41, 5.74) is 3.22. The van der Waals surface area contributed by atoms with E-state index in [0.717, 1.165) is 22.2 Å². The molecule has 138 valence electrons. The van der Waals surface area contributed by atoms with Gasteiger partial charge in [0.1, 0.15) is 0 Å². The van der Waals surface area contributed by atoms with Crippen molar-refractivity contribution in [2.45, 2.75) is 6.54 Å². The second-order valence-electron chi connectivity index (χ2n) is 6.26. The van der Waals surface area contributed by atoms with Crippen LogP contribution in [-0.2, 0) is 6.54 Å². The normalized spacial score (nSPS) is 11.1. The zero-order chi connectivity index (χ0) is 19.3. The molecule has 0 spiro atoms. The molecule has 1 heterocycles. The van der Waals surface area contributed by atoms with E-state index in [4.69, 9.17) is 12.2 Å². The lowest BCUT2D eigenvalue weighted by molar-refractivity contribution is 0.429. The minimum absolute atomic E-state index is 0.0660. The van der Waals surface area contributed by atoms with Gasteiger partial charge in [-0.2, -0.15) is 0 Å². The van der Waals surface area contributed by atoms with Gasteiger partial charge >= 0.3 is 0 Å². The van der Waals surface area contributed by atoms with E-state index in [1.54, 1.807) is 0 Å². The second-order valence-corrected chi connectivity index (χ2v) is 6.64. The van der Waals surface area contributed by atoms with E-state index in [-0.39, 0.29) is 11.0 Å². The molecule has 0 bridgehead atoms. The lowest BCUT2D eigenvalue weighted by atomic mass is 10.2. The topological polar surface area (TPSA) is 61.9 Å². The first-order valence-corrected chi connectivity index (χ1v) is 9.25. The van der Waals surface area contributed by atoms with Crippen molar-refractivity contribution < 1.29 is 5.11 Å². The maximum Gasteiger partial charge on any atom is 0.221 e. The summed E-state index contributed by atoms with van der Waals surface area (Å²) in [6.45, 7) is 0.537. The summed E-state index contributed by atoms with van der Waals surface area (Å²) in [6, 6.07) is 27.2. The van der Waals surface area contributed by atoms with Crippen molar-refractivity contribution in [1.29, 1.82) is 0 Å². The summed E-state index contributed by atoms with van der Waals surface area (Å²) in [7, 11) is 0. The SMILES string of the molecule is Oc1c(N=NC(=S)Nc2ccccc2)c2ccccc2n1Cc1ccccc1. The van der Waals surface area contributed by atoms with Crippen molar-refractivity contribution >= 4 is 39.6 Å². The monoisotopic (exact) mass is 386 g/mol. The predicted molar refractivity (Wildman–Crippen MR) is 116 cm³/mol. The number of thiocarbonyl (C=S) groups is 1. The average Bonchev–Trinajstić information content (AvgIpc) is 2.99. The Hall–Kier alpha value is -3.51. The largest absolute Gasteiger partial charge is 0.493 e. The number of benzene rings is 3. The van der Waals surface area contributed by atoms with Gasteiger partial charge in [-0.3, -0.25) is 0 Å². The molecule has 2 N–H and O–H groups in total. The number of rotatable bonds is 4. The lowest BCUT2D eigenvalue weighted by Gasteiger charge is -2.07. The van der Waals surface area contributed by atoms with Crippen LogP contribution in [0.2, 0.25) is 0 Å². The third kappa shape index (κ3) is 3.77. The van der Waals surface area contributed by atoms with E-state index in [9.17, 15) is 5.11 Å². The summed E-state index contributed by atoms with van der Waals surface area (Å²) in [5.74, 6) is 0.0660. The first kappa shape index (κ1) is 17.9. The molecule has 0 saturated carbocycles. The molecular weight excluding hydrogens is 368 g/mol. The van der Waals surface area contributed by atoms with E-state index in [1.165, 1.54) is 0 Å². The predicted octanol–water partition coefficient (Wildman–Crippen LogP) is 5.88. The third-order valence-electron chi connectivity index (χ3n) is 4.37. The fourth-order valence-corrected chi connectivity index (χ4v) is 3.22. The number of nitrogens with one attached hydrogen (secondary N) is 1. The number of nitrogens with zero attached hydrogens (tertiary/aromatic N) is 3. The fraction of sp³-hybridized carbons (Fsp3) is 0.0455. The van der Waals surface area contributed by atoms with Gasteiger partial charge in [0.2, 0.25) is 11.0 Å². The van der Waals surface area contributed by atoms with Gasteiger partial charge < -0.3 is 15.0 Å². The molecule has 0 aliphatic rings. The van der Waals surface area contributed by atoms with Crippen LogP contribution in [0, 0.1) is 0 Å². The van der Waals surface area contributed by atoms with E-state index in [0.29, 0.717) is 12.2 Å². The van der Waals surface area contributed by atoms with Crippen LogP contribution >= 0.6 is 12.2 Å². The van der Waals surface area contributed by atoms with Crippen LogP contribution < -0.4 is 5.32 Å². The van der Waals surface area contributed by atoms with Crippen molar-refractivity contribution in [2.24, 2.45) is 10.2 Å². The zero-order valence-electron chi connectivity index (χ0n) is 15.0. The van der Waals surface area contributed by atoms with Gasteiger partial charge in [-0.1, -0.05) is 66.7 Å². The molecule has 0 radical (unpaired) electrons. The minimum atomic E-state index is 0.0660. The minimum Gasteiger partial charge on any atom is -0.493 e. The van der Waals surface area contributed by atoms with Gasteiger partial charge in [-0.25, -0.2) is 0 Å². The summed E-state index contributed by atoms with van der Waals surface area (Å²) in [5, 5.41) is 23.2. The lowest BCUT2D eigenvalue weighted by Crippen LogP contribution is -2.04. The Morgan fingerprint density at radius 2 is 1.54 bits per heavy atom. The van der Waals surface area contributed by atoms with Crippen LogP contribution in [0.3, 0.4) is 0 Å². The molecule has 0 aliphatic carbocycles. The van der Waals surface area contributed by atoms with Crippen LogP contribution in [0.1, 0.15) is 5.56 Å². The number of fused-ring (bicyclic) bond motifs is 1. The van der Waals surface area contributed by atoms with Gasteiger partial charge in [-0.05, 0) is 36.0 Å². The van der Waals surface area contributed by atoms with Crippen LogP contribution in [0.5, 0.6) is 5.88 Å². The molecule has 28 heavy (non-hydrogen) atoms. The summed E-state index contributed by atoms with van der Waals surface area (Å²) in [4.78, 5) is 0. The molecule has 0 saturated heterocycles. The highest BCUT2D eigenvalue weighted by Gasteiger charge is 2.16. The Kier molecular flexibility index (Phi) is 5.12. The van der Waals surface area contributed by atoms with Crippen LogP contribution in [0.15, 0.2) is 95.2 Å². The first-order valence-electron chi connectivity index (χ1n) is 8.84. The maximum atomic E-state index is 10.8. The summed E-state index contributed by atoms with van der Waals surface area (Å²) >= 11 is 5.25. The van der Waals surface area contributed by atoms with Crippen LogP contribution in [0.25, 0.3) is 10.9 Å². The molecule has 0 atom stereocenters. The van der Waals surface area contributed by atoms with Gasteiger partial charge in [0, 0.05) is 11.1 Å². The fourth-order valence-electron chi connectivity index (χ4n) is 3.06. The van der Waals surface area contributed by atoms with Crippen LogP contribution in [0.4, 0.5) is 11.4 Å². The van der Waals surface area contributed by atoms with Gasteiger partial charge in [0.25, 0.3) is 0 Å². The first-order chi connectivity index (χ1) is 13.7. The Balaban J connectivity index is 1.65. The van der Waals surface area contributed by atoms with E-state index in [2.05, 4.69) is 15.5 Å². The van der Waals surface area contributed by atoms with Gasteiger partial charge in [0.05, 0.1) is 12.1 Å². The van der Waals surface area contributed by atoms with Gasteiger partial charge in [0.15, 0.2) is 5.69 Å². The molecule has 0 aliphatic heterocycles. The number of aromatic nitrogens is 1. The van der Waals surface area contributed by atoms with Crippen molar-refractivity contribution in [2.75, 3.05) is 5.32 Å². The van der Waals surface area contributed by atoms with Crippen molar-refractivity contribution in [1.82, 2.24) is 4.57 Å². The smallest absolute Gasteiger partial charge is 0.221 e. The highest BCUT2D eigenvalue weighted by molar-refractivity contribution is 7.80. The highest BCUT2D eigenvalue weighted by Crippen LogP contribution is 2.39. The molecule has 4 aromatic rings. The highest BCUT2D eigenvalue weighted by atomic mass is 32.1. The number of hydrogen-bond acceptors (Lipinski definition) is 3. The number of para-hydroxylation sites is 2. The number of anilines is 1. The Morgan fingerprint density at radius 1 is 0.893 bits per heavy atom. The second kappa shape index (κ2) is 8.02. The molecule has 0 amide bonds. The van der Waals surface area contributed by atoms with Crippen LogP contribution in [-0.4, -0.2) is 14.8 Å². The standard InChI is InChI=1S/C22H18N4OS/c27-21-20(24-25-22(28)23-17-11-5-2-6-12-17)18-13-7-8-14-19(18)26(21)15-16-9-3-1-4-10-16/h1-14,27H,15H2,(H,23,28).